The van der Waals surface area contributed by atoms with Crippen LogP contribution in [0.1, 0.15) is 42.5 Å². The van der Waals surface area contributed by atoms with Crippen molar-refractivity contribution in [2.45, 2.75) is 32.1 Å². The van der Waals surface area contributed by atoms with Crippen LogP contribution in [-0.2, 0) is 4.79 Å². The molecule has 1 saturated heterocycles. The first-order chi connectivity index (χ1) is 13.6. The number of amides is 2. The Morgan fingerprint density at radius 2 is 1.89 bits per heavy atom. The van der Waals surface area contributed by atoms with Crippen molar-refractivity contribution in [2.75, 3.05) is 19.6 Å². The molecule has 1 aromatic heterocycles. The van der Waals surface area contributed by atoms with Gasteiger partial charge in [0, 0.05) is 42.8 Å². The topological polar surface area (TPSA) is 71.5 Å². The number of carbonyl (C=O) groups is 2. The lowest BCUT2D eigenvalue weighted by molar-refractivity contribution is -0.131. The molecule has 1 N–H and O–H groups in total. The predicted molar refractivity (Wildman–Crippen MR) is 110 cm³/mol. The zero-order chi connectivity index (χ0) is 19.8. The van der Waals surface area contributed by atoms with Crippen LogP contribution >= 0.6 is 15.9 Å². The molecule has 0 aliphatic carbocycles. The molecule has 6 nitrogen and oxygen atoms in total. The lowest BCUT2D eigenvalue weighted by atomic mass is 10.2. The summed E-state index contributed by atoms with van der Waals surface area (Å²) in [7, 11) is 0. The van der Waals surface area contributed by atoms with Crippen LogP contribution in [-0.4, -0.2) is 41.3 Å². The Bertz CT molecular complexity index is 803. The van der Waals surface area contributed by atoms with Gasteiger partial charge in [0.2, 0.25) is 11.8 Å². The number of halogens is 1. The lowest BCUT2D eigenvalue weighted by Crippen LogP contribution is -2.35. The molecule has 2 heterocycles. The summed E-state index contributed by atoms with van der Waals surface area (Å²) >= 11 is 3.39. The zero-order valence-electron chi connectivity index (χ0n) is 15.7. The molecule has 7 heteroatoms. The minimum absolute atomic E-state index is 0.109. The second-order valence-corrected chi connectivity index (χ2v) is 7.66. The molecule has 3 rings (SSSR count). The summed E-state index contributed by atoms with van der Waals surface area (Å²) in [6, 6.07) is 10.8. The van der Waals surface area contributed by atoms with Crippen molar-refractivity contribution in [1.29, 1.82) is 0 Å². The number of ether oxygens (including phenoxy) is 1. The van der Waals surface area contributed by atoms with Crippen molar-refractivity contribution in [2.24, 2.45) is 0 Å². The Morgan fingerprint density at radius 1 is 1.11 bits per heavy atom. The van der Waals surface area contributed by atoms with Crippen LogP contribution in [0.3, 0.4) is 0 Å². The van der Waals surface area contributed by atoms with Crippen LogP contribution in [0.5, 0.6) is 11.6 Å². The van der Waals surface area contributed by atoms with Crippen molar-refractivity contribution in [3.8, 4) is 11.6 Å². The Labute approximate surface area is 173 Å². The number of hydrogen-bond acceptors (Lipinski definition) is 4. The fraction of sp³-hybridized carbons (Fsp3) is 0.381. The molecular formula is C21H24BrN3O3. The number of rotatable bonds is 6. The van der Waals surface area contributed by atoms with Crippen molar-refractivity contribution in [1.82, 2.24) is 15.2 Å². The van der Waals surface area contributed by atoms with E-state index in [2.05, 4.69) is 26.2 Å². The predicted octanol–water partition coefficient (Wildman–Crippen LogP) is 4.16. The minimum Gasteiger partial charge on any atom is -0.439 e. The summed E-state index contributed by atoms with van der Waals surface area (Å²) in [5, 5.41) is 2.79. The highest BCUT2D eigenvalue weighted by Crippen LogP contribution is 2.23. The number of hydrogen-bond donors (Lipinski definition) is 1. The summed E-state index contributed by atoms with van der Waals surface area (Å²) in [5.41, 5.74) is 0.434. The summed E-state index contributed by atoms with van der Waals surface area (Å²) in [4.78, 5) is 30.6. The number of pyridine rings is 1. The van der Waals surface area contributed by atoms with Gasteiger partial charge in [0.1, 0.15) is 5.75 Å². The smallest absolute Gasteiger partial charge is 0.252 e. The number of carbonyl (C=O) groups excluding carboxylic acids is 2. The van der Waals surface area contributed by atoms with E-state index in [0.29, 0.717) is 30.2 Å². The van der Waals surface area contributed by atoms with E-state index in [4.69, 9.17) is 4.74 Å². The Hall–Kier alpha value is -2.41. The van der Waals surface area contributed by atoms with Gasteiger partial charge in [-0.05, 0) is 37.1 Å². The van der Waals surface area contributed by atoms with Gasteiger partial charge in [0.15, 0.2) is 0 Å². The Kier molecular flexibility index (Phi) is 7.42. The molecule has 1 aliphatic heterocycles. The third-order valence-corrected chi connectivity index (χ3v) is 5.09. The third kappa shape index (κ3) is 6.05. The Balaban J connectivity index is 1.46. The molecule has 0 saturated carbocycles. The maximum Gasteiger partial charge on any atom is 0.252 e. The number of aromatic nitrogens is 1. The lowest BCUT2D eigenvalue weighted by Gasteiger charge is -2.20. The first-order valence-corrected chi connectivity index (χ1v) is 10.4. The van der Waals surface area contributed by atoms with Gasteiger partial charge in [-0.3, -0.25) is 9.59 Å². The summed E-state index contributed by atoms with van der Waals surface area (Å²) in [5.74, 6) is 0.931. The molecule has 1 aliphatic rings. The number of nitrogens with one attached hydrogen (secondary N) is 1. The van der Waals surface area contributed by atoms with Crippen LogP contribution in [0, 0.1) is 0 Å². The fourth-order valence-electron chi connectivity index (χ4n) is 3.09. The normalized spacial score (nSPS) is 14.2. The van der Waals surface area contributed by atoms with Gasteiger partial charge < -0.3 is 15.0 Å². The zero-order valence-corrected chi connectivity index (χ0v) is 17.3. The molecule has 2 aromatic rings. The molecule has 0 unspecified atom stereocenters. The van der Waals surface area contributed by atoms with E-state index in [0.717, 1.165) is 30.4 Å². The standard InChI is InChI=1S/C21H24BrN3O3/c22-17-6-5-7-18(14-17)28-19-9-8-16(15-24-19)21(27)23-11-10-20(26)25-12-3-1-2-4-13-25/h5-9,14-15H,1-4,10-13H2,(H,23,27). The van der Waals surface area contributed by atoms with E-state index in [9.17, 15) is 9.59 Å². The summed E-state index contributed by atoms with van der Waals surface area (Å²) in [6.07, 6.45) is 6.31. The van der Waals surface area contributed by atoms with Crippen molar-refractivity contribution < 1.29 is 14.3 Å². The Morgan fingerprint density at radius 3 is 2.57 bits per heavy atom. The third-order valence-electron chi connectivity index (χ3n) is 4.60. The second kappa shape index (κ2) is 10.2. The second-order valence-electron chi connectivity index (χ2n) is 6.75. The SMILES string of the molecule is O=C(NCCC(=O)N1CCCCCC1)c1ccc(Oc2cccc(Br)c2)nc1. The van der Waals surface area contributed by atoms with Crippen LogP contribution in [0.15, 0.2) is 47.1 Å². The average Bonchev–Trinajstić information content (AvgIpc) is 2.98. The van der Waals surface area contributed by atoms with Crippen molar-refractivity contribution in [3.63, 3.8) is 0 Å². The molecule has 148 valence electrons. The highest BCUT2D eigenvalue weighted by molar-refractivity contribution is 9.10. The van der Waals surface area contributed by atoms with E-state index in [-0.39, 0.29) is 11.8 Å². The van der Waals surface area contributed by atoms with Gasteiger partial charge in [-0.1, -0.05) is 34.8 Å². The summed E-state index contributed by atoms with van der Waals surface area (Å²) in [6.45, 7) is 1.98. The van der Waals surface area contributed by atoms with Crippen LogP contribution in [0.2, 0.25) is 0 Å². The van der Waals surface area contributed by atoms with Gasteiger partial charge in [-0.25, -0.2) is 4.98 Å². The molecule has 2 amide bonds. The molecule has 1 fully saturated rings. The van der Waals surface area contributed by atoms with Gasteiger partial charge >= 0.3 is 0 Å². The monoisotopic (exact) mass is 445 g/mol. The van der Waals surface area contributed by atoms with E-state index in [1.807, 2.05) is 29.2 Å². The largest absolute Gasteiger partial charge is 0.439 e. The quantitative estimate of drug-likeness (QED) is 0.724. The number of likely N-dealkylation sites (tertiary alicyclic amines) is 1. The molecular weight excluding hydrogens is 422 g/mol. The van der Waals surface area contributed by atoms with Crippen molar-refractivity contribution in [3.05, 3.63) is 52.6 Å². The maximum absolute atomic E-state index is 12.3. The first-order valence-electron chi connectivity index (χ1n) is 9.57. The van der Waals surface area contributed by atoms with Crippen LogP contribution < -0.4 is 10.1 Å². The first kappa shape index (κ1) is 20.3. The average molecular weight is 446 g/mol. The van der Waals surface area contributed by atoms with E-state index < -0.39 is 0 Å². The van der Waals surface area contributed by atoms with Gasteiger partial charge in [-0.2, -0.15) is 0 Å². The van der Waals surface area contributed by atoms with Gasteiger partial charge in [0.25, 0.3) is 5.91 Å². The summed E-state index contributed by atoms with van der Waals surface area (Å²) < 4.78 is 6.57. The molecule has 1 aromatic carbocycles. The van der Waals surface area contributed by atoms with Crippen LogP contribution in [0.4, 0.5) is 0 Å². The molecule has 0 atom stereocenters. The fourth-order valence-corrected chi connectivity index (χ4v) is 3.47. The van der Waals surface area contributed by atoms with Crippen molar-refractivity contribution >= 4 is 27.7 Å². The highest BCUT2D eigenvalue weighted by Gasteiger charge is 2.15. The molecule has 0 spiro atoms. The molecule has 0 radical (unpaired) electrons. The van der Waals surface area contributed by atoms with E-state index >= 15 is 0 Å². The maximum atomic E-state index is 12.3. The van der Waals surface area contributed by atoms with Gasteiger partial charge in [-0.15, -0.1) is 0 Å². The van der Waals surface area contributed by atoms with Gasteiger partial charge in [0.05, 0.1) is 5.56 Å². The number of benzene rings is 1. The molecule has 0 bridgehead atoms. The van der Waals surface area contributed by atoms with E-state index in [1.165, 1.54) is 19.0 Å². The minimum atomic E-state index is -0.245. The molecule has 28 heavy (non-hydrogen) atoms. The van der Waals surface area contributed by atoms with Crippen LogP contribution in [0.25, 0.3) is 0 Å². The van der Waals surface area contributed by atoms with E-state index in [1.54, 1.807) is 12.1 Å². The highest BCUT2D eigenvalue weighted by atomic mass is 79.9. The number of nitrogens with zero attached hydrogens (tertiary/aromatic N) is 2.